The number of pyridine rings is 1. The van der Waals surface area contributed by atoms with E-state index in [1.165, 1.54) is 48.0 Å². The average Bonchev–Trinajstić information content (AvgIpc) is 3.34. The van der Waals surface area contributed by atoms with Crippen LogP contribution in [0.5, 0.6) is 0 Å². The number of anilines is 2. The fourth-order valence-electron chi connectivity index (χ4n) is 7.25. The Labute approximate surface area is 289 Å². The molecule has 0 bridgehead atoms. The molecule has 51 heavy (non-hydrogen) atoms. The molecule has 1 aliphatic heterocycles. The molecule has 1 spiro atoms. The van der Waals surface area contributed by atoms with Crippen molar-refractivity contribution in [3.63, 3.8) is 0 Å². The van der Waals surface area contributed by atoms with Crippen LogP contribution in [-0.2, 0) is 32.5 Å². The van der Waals surface area contributed by atoms with E-state index >= 15 is 0 Å². The highest BCUT2D eigenvalue weighted by Gasteiger charge is 2.48. The van der Waals surface area contributed by atoms with Gasteiger partial charge in [0.1, 0.15) is 18.0 Å². The molecule has 3 aliphatic rings. The molecular weight excluding hydrogens is 674 g/mol. The van der Waals surface area contributed by atoms with E-state index in [0.717, 1.165) is 42.4 Å². The van der Waals surface area contributed by atoms with E-state index < -0.39 is 35.9 Å². The van der Waals surface area contributed by atoms with Crippen LogP contribution < -0.4 is 15.5 Å². The number of carbonyl (C=O) groups is 1. The maximum Gasteiger partial charge on any atom is 0.416 e. The van der Waals surface area contributed by atoms with Crippen molar-refractivity contribution in [2.45, 2.75) is 76.4 Å². The molecule has 2 aromatic carbocycles. The third-order valence-electron chi connectivity index (χ3n) is 10.1. The van der Waals surface area contributed by atoms with E-state index in [1.807, 2.05) is 6.07 Å². The third kappa shape index (κ3) is 7.01. The van der Waals surface area contributed by atoms with Crippen molar-refractivity contribution in [1.29, 1.82) is 5.26 Å². The van der Waals surface area contributed by atoms with Crippen molar-refractivity contribution >= 4 is 17.5 Å². The smallest absolute Gasteiger partial charge is 0.370 e. The zero-order valence-electron chi connectivity index (χ0n) is 27.6. The number of fused-ring (bicyclic) bond motifs is 1. The maximum absolute atomic E-state index is 14.5. The summed E-state index contributed by atoms with van der Waals surface area (Å²) in [6.45, 7) is 0.00718. The van der Waals surface area contributed by atoms with E-state index in [4.69, 9.17) is 5.26 Å². The van der Waals surface area contributed by atoms with Gasteiger partial charge >= 0.3 is 12.4 Å². The first-order valence-electron chi connectivity index (χ1n) is 16.7. The molecule has 2 aromatic heterocycles. The monoisotopic (exact) mass is 708 g/mol. The van der Waals surface area contributed by atoms with Crippen molar-refractivity contribution in [1.82, 2.24) is 25.1 Å². The van der Waals surface area contributed by atoms with Gasteiger partial charge in [-0.2, -0.15) is 31.6 Å². The first-order chi connectivity index (χ1) is 24.2. The van der Waals surface area contributed by atoms with Crippen LogP contribution in [0.25, 0.3) is 22.5 Å². The minimum atomic E-state index is -4.74. The minimum absolute atomic E-state index is 0.0497. The summed E-state index contributed by atoms with van der Waals surface area (Å²) in [5.74, 6) is -0.318. The lowest BCUT2D eigenvalue weighted by molar-refractivity contribution is -0.138. The molecular formula is C36H34F6N8O. The predicted octanol–water partition coefficient (Wildman–Crippen LogP) is 7.88. The second kappa shape index (κ2) is 13.0. The summed E-state index contributed by atoms with van der Waals surface area (Å²) >= 11 is 0. The van der Waals surface area contributed by atoms with Gasteiger partial charge in [0.05, 0.1) is 23.7 Å². The number of alkyl halides is 6. The number of hydrogen-bond donors (Lipinski definition) is 2. The van der Waals surface area contributed by atoms with Gasteiger partial charge < -0.3 is 15.2 Å². The van der Waals surface area contributed by atoms with Gasteiger partial charge in [-0.3, -0.25) is 9.69 Å². The first-order valence-corrected chi connectivity index (χ1v) is 16.7. The van der Waals surface area contributed by atoms with Crippen LogP contribution in [0.1, 0.15) is 77.6 Å². The highest BCUT2D eigenvalue weighted by molar-refractivity contribution is 6.10. The second-order valence-electron chi connectivity index (χ2n) is 13.7. The number of aryl methyl sites for hydroxylation is 1. The Hall–Kier alpha value is -4.97. The van der Waals surface area contributed by atoms with Gasteiger partial charge in [0.2, 0.25) is 0 Å². The molecule has 266 valence electrons. The van der Waals surface area contributed by atoms with Crippen molar-refractivity contribution < 1.29 is 31.1 Å². The van der Waals surface area contributed by atoms with Gasteiger partial charge in [0.15, 0.2) is 5.82 Å². The van der Waals surface area contributed by atoms with Crippen molar-refractivity contribution in [3.05, 3.63) is 76.6 Å². The van der Waals surface area contributed by atoms with Crippen LogP contribution in [0.3, 0.4) is 0 Å². The van der Waals surface area contributed by atoms with Gasteiger partial charge in [-0.25, -0.2) is 4.98 Å². The minimum Gasteiger partial charge on any atom is -0.370 e. The first kappa shape index (κ1) is 34.5. The summed E-state index contributed by atoms with van der Waals surface area (Å²) in [7, 11) is 1.64. The largest absolute Gasteiger partial charge is 0.416 e. The molecule has 15 heteroatoms. The Balaban J connectivity index is 1.28. The molecule has 2 aliphatic carbocycles. The van der Waals surface area contributed by atoms with Crippen LogP contribution in [0.2, 0.25) is 0 Å². The summed E-state index contributed by atoms with van der Waals surface area (Å²) in [6.07, 6.45) is -1.94. The number of nitrogens with zero attached hydrogens (tertiary/aromatic N) is 6. The van der Waals surface area contributed by atoms with Gasteiger partial charge in [0, 0.05) is 43.7 Å². The number of rotatable bonds is 10. The fourth-order valence-corrected chi connectivity index (χ4v) is 7.25. The standard InChI is InChI=1S/C36H34F6N8O/c1-49-20-46-48-32(49)25-5-4-23(35(37,38)39)16-26(25)22-14-30(44-11-3-2-10-43)47-31(15-22)50-19-28-27(33(50)51)12-21(13-29(28)36(40,41)42)18-45-24-6-7-34(17-24)8-9-34/h4-5,12-16,20,24,45H,2-3,6-9,11,17-19H2,1H3,(H,44,47)/t24-/m1/s1. The van der Waals surface area contributed by atoms with E-state index in [0.29, 0.717) is 23.0 Å². The van der Waals surface area contributed by atoms with Gasteiger partial charge in [-0.15, -0.1) is 10.2 Å². The van der Waals surface area contributed by atoms with Crippen molar-refractivity contribution in [2.75, 3.05) is 16.8 Å². The van der Waals surface area contributed by atoms with Crippen LogP contribution in [0.15, 0.2) is 48.8 Å². The number of halogens is 6. The number of carbonyl (C=O) groups excluding carboxylic acids is 1. The molecule has 1 amide bonds. The molecule has 2 fully saturated rings. The Morgan fingerprint density at radius 2 is 1.80 bits per heavy atom. The zero-order chi connectivity index (χ0) is 36.1. The zero-order valence-corrected chi connectivity index (χ0v) is 27.6. The molecule has 0 unspecified atom stereocenters. The van der Waals surface area contributed by atoms with Crippen molar-refractivity contribution in [3.8, 4) is 28.6 Å². The van der Waals surface area contributed by atoms with Gasteiger partial charge in [-0.05, 0) is 109 Å². The molecule has 4 aromatic rings. The molecule has 2 saturated carbocycles. The number of amides is 1. The van der Waals surface area contributed by atoms with E-state index in [2.05, 4.69) is 25.8 Å². The summed E-state index contributed by atoms with van der Waals surface area (Å²) in [4.78, 5) is 19.6. The number of hydrogen-bond acceptors (Lipinski definition) is 7. The second-order valence-corrected chi connectivity index (χ2v) is 13.7. The molecule has 7 rings (SSSR count). The normalized spacial score (nSPS) is 18.0. The number of nitriles is 1. The average molecular weight is 709 g/mol. The lowest BCUT2D eigenvalue weighted by Gasteiger charge is -2.20. The molecule has 3 heterocycles. The van der Waals surface area contributed by atoms with Crippen molar-refractivity contribution in [2.24, 2.45) is 12.5 Å². The Bertz CT molecular complexity index is 2030. The Morgan fingerprint density at radius 1 is 1.00 bits per heavy atom. The quantitative estimate of drug-likeness (QED) is 0.127. The van der Waals surface area contributed by atoms with Gasteiger partial charge in [0.25, 0.3) is 5.91 Å². The summed E-state index contributed by atoms with van der Waals surface area (Å²) < 4.78 is 87.1. The van der Waals surface area contributed by atoms with Crippen LogP contribution in [-0.4, -0.2) is 38.2 Å². The lowest BCUT2D eigenvalue weighted by atomic mass is 9.96. The Kier molecular flexibility index (Phi) is 8.77. The molecule has 9 nitrogen and oxygen atoms in total. The van der Waals surface area contributed by atoms with Crippen LogP contribution in [0, 0.1) is 16.7 Å². The van der Waals surface area contributed by atoms with Crippen LogP contribution >= 0.6 is 0 Å². The highest BCUT2D eigenvalue weighted by atomic mass is 19.4. The summed E-state index contributed by atoms with van der Waals surface area (Å²) in [5, 5.41) is 23.4. The molecule has 0 saturated heterocycles. The fraction of sp³-hybridized carbons (Fsp3) is 0.417. The third-order valence-corrected chi connectivity index (χ3v) is 10.1. The topological polar surface area (TPSA) is 112 Å². The number of aromatic nitrogens is 4. The predicted molar refractivity (Wildman–Crippen MR) is 176 cm³/mol. The van der Waals surface area contributed by atoms with Crippen LogP contribution in [0.4, 0.5) is 38.0 Å². The van der Waals surface area contributed by atoms with E-state index in [-0.39, 0.29) is 65.3 Å². The molecule has 1 atom stereocenters. The highest BCUT2D eigenvalue weighted by Crippen LogP contribution is 2.57. The van der Waals surface area contributed by atoms with Gasteiger partial charge in [-0.1, -0.05) is 0 Å². The Morgan fingerprint density at radius 3 is 2.47 bits per heavy atom. The number of benzene rings is 2. The summed E-state index contributed by atoms with van der Waals surface area (Å²) in [5.41, 5.74) is -0.798. The number of nitrogens with one attached hydrogen (secondary N) is 2. The lowest BCUT2D eigenvalue weighted by Crippen LogP contribution is -2.26. The SMILES string of the molecule is Cn1cnnc1-c1ccc(C(F)(F)F)cc1-c1cc(NCCCC#N)nc(N2Cc3c(cc(CN[C@@H]4CCC5(CC5)C4)cc3C(F)(F)F)C2=O)c1. The molecule has 0 radical (unpaired) electrons. The number of unbranched alkanes of at least 4 members (excludes halogenated alkanes) is 1. The van der Waals surface area contributed by atoms with E-state index in [9.17, 15) is 31.1 Å². The maximum atomic E-state index is 14.5. The summed E-state index contributed by atoms with van der Waals surface area (Å²) in [6, 6.07) is 10.9. The van der Waals surface area contributed by atoms with E-state index in [1.54, 1.807) is 7.05 Å². The molecule has 2 N–H and O–H groups in total.